The second kappa shape index (κ2) is 9.01. The lowest BCUT2D eigenvalue weighted by atomic mass is 9.68. The molecule has 1 aliphatic carbocycles. The van der Waals surface area contributed by atoms with E-state index >= 15 is 0 Å². The van der Waals surface area contributed by atoms with Gasteiger partial charge in [-0.1, -0.05) is 12.5 Å². The summed E-state index contributed by atoms with van der Waals surface area (Å²) in [5.41, 5.74) is 0.525. The van der Waals surface area contributed by atoms with Crippen molar-refractivity contribution in [2.45, 2.75) is 36.8 Å². The number of halogens is 1. The lowest BCUT2D eigenvalue weighted by molar-refractivity contribution is 0.151. The molecule has 25 heavy (non-hydrogen) atoms. The largest absolute Gasteiger partial charge is 0.357 e. The molecule has 0 radical (unpaired) electrons. The average molecular weight is 498 g/mol. The van der Waals surface area contributed by atoms with Crippen molar-refractivity contribution in [3.05, 3.63) is 17.5 Å². The number of likely N-dealkylation sites (tertiary alicyclic amines) is 1. The molecule has 9 heteroatoms. The molecule has 2 fully saturated rings. The van der Waals surface area contributed by atoms with Gasteiger partial charge in [-0.2, -0.15) is 0 Å². The monoisotopic (exact) mass is 498 g/mol. The fraction of sp³-hybridized carbons (Fsp3) is 0.688. The molecule has 0 atom stereocenters. The Balaban J connectivity index is 0.00000225. The van der Waals surface area contributed by atoms with Crippen LogP contribution in [-0.4, -0.2) is 52.0 Å². The zero-order valence-corrected chi connectivity index (χ0v) is 18.5. The predicted octanol–water partition coefficient (Wildman–Crippen LogP) is 2.49. The fourth-order valence-electron chi connectivity index (χ4n) is 3.46. The molecule has 0 amide bonds. The molecule has 1 aromatic rings. The van der Waals surface area contributed by atoms with Crippen molar-refractivity contribution in [3.8, 4) is 0 Å². The molecule has 142 valence electrons. The van der Waals surface area contributed by atoms with Crippen LogP contribution < -0.4 is 10.0 Å². The molecule has 0 unspecified atom stereocenters. The normalized spacial score (nSPS) is 19.6. The summed E-state index contributed by atoms with van der Waals surface area (Å²) in [6.07, 6.45) is 5.28. The first kappa shape index (κ1) is 20.9. The lowest BCUT2D eigenvalue weighted by Gasteiger charge is -2.38. The molecule has 0 aromatic carbocycles. The van der Waals surface area contributed by atoms with Crippen LogP contribution in [0.4, 0.5) is 0 Å². The Morgan fingerprint density at radius 1 is 1.40 bits per heavy atom. The Morgan fingerprint density at radius 2 is 2.20 bits per heavy atom. The van der Waals surface area contributed by atoms with E-state index in [-0.39, 0.29) is 24.0 Å². The summed E-state index contributed by atoms with van der Waals surface area (Å²) in [4.78, 5) is 6.94. The number of hydrogen-bond donors (Lipinski definition) is 2. The Kier molecular flexibility index (Phi) is 7.53. The Bertz CT molecular complexity index is 672. The van der Waals surface area contributed by atoms with Crippen molar-refractivity contribution in [2.24, 2.45) is 10.4 Å². The first-order valence-corrected chi connectivity index (χ1v) is 11.0. The van der Waals surface area contributed by atoms with E-state index in [0.717, 1.165) is 25.6 Å². The van der Waals surface area contributed by atoms with Crippen LogP contribution >= 0.6 is 35.3 Å². The van der Waals surface area contributed by atoms with Gasteiger partial charge in [0.1, 0.15) is 4.21 Å². The maximum atomic E-state index is 12.1. The van der Waals surface area contributed by atoms with Gasteiger partial charge in [0, 0.05) is 26.2 Å². The van der Waals surface area contributed by atoms with Crippen LogP contribution in [0.1, 0.15) is 32.6 Å². The summed E-state index contributed by atoms with van der Waals surface area (Å²) in [5, 5.41) is 5.10. The molecule has 2 heterocycles. The molecule has 1 aliphatic heterocycles. The molecule has 2 aliphatic rings. The van der Waals surface area contributed by atoms with E-state index < -0.39 is 10.0 Å². The van der Waals surface area contributed by atoms with E-state index in [1.54, 1.807) is 17.5 Å². The first-order chi connectivity index (χ1) is 11.5. The van der Waals surface area contributed by atoms with Crippen molar-refractivity contribution in [1.29, 1.82) is 0 Å². The van der Waals surface area contributed by atoms with Crippen LogP contribution in [-0.2, 0) is 10.0 Å². The maximum absolute atomic E-state index is 12.1. The van der Waals surface area contributed by atoms with Crippen LogP contribution in [0.2, 0.25) is 0 Å². The number of sulfonamides is 1. The van der Waals surface area contributed by atoms with Crippen molar-refractivity contribution in [3.63, 3.8) is 0 Å². The Labute approximate surface area is 171 Å². The molecule has 1 spiro atoms. The van der Waals surface area contributed by atoms with Gasteiger partial charge in [-0.25, -0.2) is 13.1 Å². The number of thiophene rings is 1. The van der Waals surface area contributed by atoms with Crippen LogP contribution in [0.3, 0.4) is 0 Å². The van der Waals surface area contributed by atoms with E-state index in [9.17, 15) is 8.42 Å². The molecular formula is C16H27IN4O2S2. The zero-order valence-electron chi connectivity index (χ0n) is 14.5. The van der Waals surface area contributed by atoms with Crippen LogP contribution in [0, 0.1) is 5.41 Å². The topological polar surface area (TPSA) is 73.8 Å². The number of rotatable bonds is 6. The number of nitrogens with one attached hydrogen (secondary N) is 2. The van der Waals surface area contributed by atoms with E-state index in [1.165, 1.54) is 37.0 Å². The quantitative estimate of drug-likeness (QED) is 0.274. The van der Waals surface area contributed by atoms with E-state index in [2.05, 4.69) is 26.9 Å². The highest BCUT2D eigenvalue weighted by molar-refractivity contribution is 14.0. The van der Waals surface area contributed by atoms with E-state index in [0.29, 0.717) is 22.7 Å². The smallest absolute Gasteiger partial charge is 0.250 e. The molecule has 3 rings (SSSR count). The SMILES string of the molecule is CCNC(=NCCNS(=O)(=O)c1cccs1)N1CCC2(CCC2)C1.I. The average Bonchev–Trinajstić information content (AvgIpc) is 3.19. The van der Waals surface area contributed by atoms with Crippen molar-refractivity contribution < 1.29 is 8.42 Å². The van der Waals surface area contributed by atoms with Crippen molar-refractivity contribution in [1.82, 2.24) is 14.9 Å². The maximum Gasteiger partial charge on any atom is 0.250 e. The summed E-state index contributed by atoms with van der Waals surface area (Å²) < 4.78 is 27.1. The summed E-state index contributed by atoms with van der Waals surface area (Å²) in [7, 11) is -3.39. The third kappa shape index (κ3) is 5.08. The third-order valence-corrected chi connectivity index (χ3v) is 7.77. The molecule has 0 bridgehead atoms. The second-order valence-corrected chi connectivity index (χ2v) is 9.53. The van der Waals surface area contributed by atoms with Gasteiger partial charge in [-0.05, 0) is 43.0 Å². The van der Waals surface area contributed by atoms with Gasteiger partial charge in [0.2, 0.25) is 10.0 Å². The first-order valence-electron chi connectivity index (χ1n) is 8.61. The standard InChI is InChI=1S/C16H26N4O2S2.HI/c1-2-17-15(20-11-8-16(13-20)6-4-7-16)18-9-10-19-24(21,22)14-5-3-12-23-14;/h3,5,12,19H,2,4,6-11,13H2,1H3,(H,17,18);1H. The number of guanidine groups is 1. The highest BCUT2D eigenvalue weighted by Crippen LogP contribution is 2.47. The van der Waals surface area contributed by atoms with Gasteiger partial charge in [0.25, 0.3) is 0 Å². The van der Waals surface area contributed by atoms with E-state index in [4.69, 9.17) is 0 Å². The molecule has 6 nitrogen and oxygen atoms in total. The van der Waals surface area contributed by atoms with Crippen LogP contribution in [0.5, 0.6) is 0 Å². The molecule has 1 saturated carbocycles. The van der Waals surface area contributed by atoms with Crippen LogP contribution in [0.25, 0.3) is 0 Å². The summed E-state index contributed by atoms with van der Waals surface area (Å²) >= 11 is 1.22. The molecule has 1 saturated heterocycles. The minimum atomic E-state index is -3.39. The summed E-state index contributed by atoms with van der Waals surface area (Å²) in [6, 6.07) is 3.35. The second-order valence-electron chi connectivity index (χ2n) is 6.59. The van der Waals surface area contributed by atoms with Gasteiger partial charge in [-0.15, -0.1) is 35.3 Å². The number of aliphatic imine (C=N–C) groups is 1. The third-order valence-electron chi connectivity index (χ3n) is 4.91. The fourth-order valence-corrected chi connectivity index (χ4v) is 5.51. The molecule has 1 aromatic heterocycles. The molecular weight excluding hydrogens is 471 g/mol. The number of nitrogens with zero attached hydrogens (tertiary/aromatic N) is 2. The van der Waals surface area contributed by atoms with Gasteiger partial charge >= 0.3 is 0 Å². The Morgan fingerprint density at radius 3 is 2.76 bits per heavy atom. The Hall–Kier alpha value is -0.390. The number of hydrogen-bond acceptors (Lipinski definition) is 4. The van der Waals surface area contributed by atoms with Crippen molar-refractivity contribution in [2.75, 3.05) is 32.7 Å². The van der Waals surface area contributed by atoms with Gasteiger partial charge in [0.15, 0.2) is 5.96 Å². The highest BCUT2D eigenvalue weighted by Gasteiger charge is 2.43. The van der Waals surface area contributed by atoms with E-state index in [1.807, 2.05) is 0 Å². The minimum Gasteiger partial charge on any atom is -0.357 e. The van der Waals surface area contributed by atoms with Gasteiger partial charge in [0.05, 0.1) is 6.54 Å². The van der Waals surface area contributed by atoms with Gasteiger partial charge in [-0.3, -0.25) is 4.99 Å². The lowest BCUT2D eigenvalue weighted by Crippen LogP contribution is -2.43. The highest BCUT2D eigenvalue weighted by atomic mass is 127. The van der Waals surface area contributed by atoms with Gasteiger partial charge < -0.3 is 10.2 Å². The molecule has 2 N–H and O–H groups in total. The predicted molar refractivity (Wildman–Crippen MR) is 113 cm³/mol. The summed E-state index contributed by atoms with van der Waals surface area (Å²) in [6.45, 7) is 5.77. The minimum absolute atomic E-state index is 0. The van der Waals surface area contributed by atoms with Crippen molar-refractivity contribution >= 4 is 51.3 Å². The zero-order chi connectivity index (χ0) is 17.0. The summed E-state index contributed by atoms with van der Waals surface area (Å²) in [5.74, 6) is 0.914. The van der Waals surface area contributed by atoms with Crippen LogP contribution in [0.15, 0.2) is 26.7 Å².